The second kappa shape index (κ2) is 7.13. The molecule has 0 unspecified atom stereocenters. The highest BCUT2D eigenvalue weighted by Gasteiger charge is 2.25. The molecule has 2 heterocycles. The molecule has 1 fully saturated rings. The quantitative estimate of drug-likeness (QED) is 0.921. The molecule has 3 rings (SSSR count). The molecule has 0 spiro atoms. The van der Waals surface area contributed by atoms with Crippen LogP contribution in [0.4, 0.5) is 0 Å². The minimum absolute atomic E-state index is 0.213. The smallest absolute Gasteiger partial charge is 0.242 e. The zero-order chi connectivity index (χ0) is 16.2. The summed E-state index contributed by atoms with van der Waals surface area (Å²) in [5, 5.41) is 3.38. The first-order chi connectivity index (χ1) is 11.2. The Hall–Kier alpha value is -1.88. The summed E-state index contributed by atoms with van der Waals surface area (Å²) in [5.41, 5.74) is 2.00. The van der Waals surface area contributed by atoms with Crippen LogP contribution in [0, 0.1) is 6.92 Å². The zero-order valence-electron chi connectivity index (χ0n) is 14.1. The van der Waals surface area contributed by atoms with Gasteiger partial charge in [0.2, 0.25) is 5.91 Å². The Bertz CT molecular complexity index is 673. The molecule has 1 aliphatic rings. The maximum atomic E-state index is 13.0. The van der Waals surface area contributed by atoms with Crippen molar-refractivity contribution in [1.82, 2.24) is 19.8 Å². The van der Waals surface area contributed by atoms with Gasteiger partial charge in [-0.05, 0) is 51.4 Å². The minimum atomic E-state index is 0.213. The van der Waals surface area contributed by atoms with E-state index in [1.54, 1.807) is 0 Å². The lowest BCUT2D eigenvalue weighted by Crippen LogP contribution is -2.47. The normalized spacial score (nSPS) is 15.9. The highest BCUT2D eigenvalue weighted by Crippen LogP contribution is 2.18. The van der Waals surface area contributed by atoms with Gasteiger partial charge in [0.05, 0.1) is 11.0 Å². The fourth-order valence-corrected chi connectivity index (χ4v) is 3.49. The van der Waals surface area contributed by atoms with Crippen LogP contribution < -0.4 is 5.32 Å². The van der Waals surface area contributed by atoms with Crippen molar-refractivity contribution in [3.63, 3.8) is 0 Å². The van der Waals surface area contributed by atoms with Gasteiger partial charge < -0.3 is 14.8 Å². The van der Waals surface area contributed by atoms with Crippen molar-refractivity contribution in [2.75, 3.05) is 19.6 Å². The molecule has 0 atom stereocenters. The monoisotopic (exact) mass is 314 g/mol. The summed E-state index contributed by atoms with van der Waals surface area (Å²) in [7, 11) is 0. The van der Waals surface area contributed by atoms with Gasteiger partial charge in [-0.1, -0.05) is 19.1 Å². The Kier molecular flexibility index (Phi) is 4.96. The van der Waals surface area contributed by atoms with E-state index in [9.17, 15) is 4.79 Å². The lowest BCUT2D eigenvalue weighted by Gasteiger charge is -2.34. The van der Waals surface area contributed by atoms with Crippen LogP contribution in [0.25, 0.3) is 11.0 Å². The molecule has 124 valence electrons. The van der Waals surface area contributed by atoms with Gasteiger partial charge in [-0.15, -0.1) is 0 Å². The predicted molar refractivity (Wildman–Crippen MR) is 92.4 cm³/mol. The Morgan fingerprint density at radius 2 is 2.09 bits per heavy atom. The van der Waals surface area contributed by atoms with Crippen molar-refractivity contribution in [3.05, 3.63) is 30.1 Å². The Morgan fingerprint density at radius 1 is 1.35 bits per heavy atom. The van der Waals surface area contributed by atoms with E-state index in [-0.39, 0.29) is 5.91 Å². The number of piperidine rings is 1. The average Bonchev–Trinajstić information content (AvgIpc) is 2.89. The Labute approximate surface area is 137 Å². The number of nitrogens with zero attached hydrogens (tertiary/aromatic N) is 3. The van der Waals surface area contributed by atoms with Crippen molar-refractivity contribution in [2.24, 2.45) is 0 Å². The van der Waals surface area contributed by atoms with Gasteiger partial charge in [-0.2, -0.15) is 0 Å². The molecule has 0 radical (unpaired) electrons. The second-order valence-corrected chi connectivity index (χ2v) is 6.30. The molecule has 1 saturated heterocycles. The third-order valence-electron chi connectivity index (χ3n) is 4.67. The number of amides is 1. The number of fused-ring (bicyclic) bond motifs is 1. The molecule has 5 heteroatoms. The first-order valence-corrected chi connectivity index (χ1v) is 8.62. The number of benzene rings is 1. The third-order valence-corrected chi connectivity index (χ3v) is 4.67. The van der Waals surface area contributed by atoms with Gasteiger partial charge in [0, 0.05) is 12.6 Å². The van der Waals surface area contributed by atoms with Crippen LogP contribution in [0.5, 0.6) is 0 Å². The molecule has 5 nitrogen and oxygen atoms in total. The van der Waals surface area contributed by atoms with E-state index < -0.39 is 0 Å². The lowest BCUT2D eigenvalue weighted by molar-refractivity contribution is -0.134. The number of nitrogens with one attached hydrogen (secondary N) is 1. The molecule has 1 aromatic heterocycles. The molecule has 0 aliphatic carbocycles. The summed E-state index contributed by atoms with van der Waals surface area (Å²) in [6, 6.07) is 8.40. The third kappa shape index (κ3) is 3.39. The SMILES string of the molecule is CCCN(C(=O)Cn1c(C)nc2ccccc21)C1CCNCC1. The first kappa shape index (κ1) is 16.0. The van der Waals surface area contributed by atoms with E-state index in [0.29, 0.717) is 12.6 Å². The van der Waals surface area contributed by atoms with Crippen LogP contribution >= 0.6 is 0 Å². The van der Waals surface area contributed by atoms with Gasteiger partial charge in [0.1, 0.15) is 12.4 Å². The summed E-state index contributed by atoms with van der Waals surface area (Å²) >= 11 is 0. The number of carbonyl (C=O) groups is 1. The topological polar surface area (TPSA) is 50.2 Å². The van der Waals surface area contributed by atoms with Crippen molar-refractivity contribution >= 4 is 16.9 Å². The molecule has 23 heavy (non-hydrogen) atoms. The highest BCUT2D eigenvalue weighted by atomic mass is 16.2. The van der Waals surface area contributed by atoms with Gasteiger partial charge in [0.25, 0.3) is 0 Å². The fourth-order valence-electron chi connectivity index (χ4n) is 3.49. The number of hydrogen-bond donors (Lipinski definition) is 1. The number of aryl methyl sites for hydroxylation is 1. The van der Waals surface area contributed by atoms with Gasteiger partial charge in [-0.25, -0.2) is 4.98 Å². The summed E-state index contributed by atoms with van der Waals surface area (Å²) in [6.07, 6.45) is 3.10. The number of aromatic nitrogens is 2. The zero-order valence-corrected chi connectivity index (χ0v) is 14.1. The van der Waals surface area contributed by atoms with E-state index in [1.807, 2.05) is 35.8 Å². The van der Waals surface area contributed by atoms with Crippen LogP contribution in [0.2, 0.25) is 0 Å². The van der Waals surface area contributed by atoms with E-state index in [1.165, 1.54) is 0 Å². The molecule has 0 bridgehead atoms. The number of rotatable bonds is 5. The van der Waals surface area contributed by atoms with Gasteiger partial charge in [0.15, 0.2) is 0 Å². The molecule has 1 N–H and O–H groups in total. The molecule has 1 aromatic carbocycles. The second-order valence-electron chi connectivity index (χ2n) is 6.30. The van der Waals surface area contributed by atoms with Gasteiger partial charge >= 0.3 is 0 Å². The summed E-state index contributed by atoms with van der Waals surface area (Å²) < 4.78 is 2.04. The fraction of sp³-hybridized carbons (Fsp3) is 0.556. The van der Waals surface area contributed by atoms with Crippen molar-refractivity contribution in [1.29, 1.82) is 0 Å². The summed E-state index contributed by atoms with van der Waals surface area (Å²) in [4.78, 5) is 19.6. The molecule has 0 saturated carbocycles. The van der Waals surface area contributed by atoms with Crippen LogP contribution in [0.15, 0.2) is 24.3 Å². The van der Waals surface area contributed by atoms with E-state index in [4.69, 9.17) is 0 Å². The van der Waals surface area contributed by atoms with Crippen LogP contribution in [-0.2, 0) is 11.3 Å². The van der Waals surface area contributed by atoms with Crippen LogP contribution in [0.1, 0.15) is 32.0 Å². The maximum Gasteiger partial charge on any atom is 0.242 e. The lowest BCUT2D eigenvalue weighted by atomic mass is 10.0. The largest absolute Gasteiger partial charge is 0.338 e. The standard InChI is InChI=1S/C18H26N4O/c1-3-12-21(15-8-10-19-11-9-15)18(23)13-22-14(2)20-16-6-4-5-7-17(16)22/h4-7,15,19H,3,8-13H2,1-2H3. The van der Waals surface area contributed by atoms with Crippen molar-refractivity contribution in [2.45, 2.75) is 45.7 Å². The average molecular weight is 314 g/mol. The van der Waals surface area contributed by atoms with E-state index in [0.717, 1.165) is 55.8 Å². The number of hydrogen-bond acceptors (Lipinski definition) is 3. The molecule has 1 aliphatic heterocycles. The van der Waals surface area contributed by atoms with E-state index >= 15 is 0 Å². The Balaban J connectivity index is 1.81. The van der Waals surface area contributed by atoms with Crippen molar-refractivity contribution < 1.29 is 4.79 Å². The molecule has 1 amide bonds. The van der Waals surface area contributed by atoms with Crippen LogP contribution in [0.3, 0.4) is 0 Å². The maximum absolute atomic E-state index is 13.0. The van der Waals surface area contributed by atoms with Crippen molar-refractivity contribution in [3.8, 4) is 0 Å². The predicted octanol–water partition coefficient (Wildman–Crippen LogP) is 2.34. The summed E-state index contributed by atoms with van der Waals surface area (Å²) in [6.45, 7) is 7.35. The van der Waals surface area contributed by atoms with Crippen LogP contribution in [-0.4, -0.2) is 46.0 Å². The van der Waals surface area contributed by atoms with Gasteiger partial charge in [-0.3, -0.25) is 4.79 Å². The number of carbonyl (C=O) groups excluding carboxylic acids is 1. The Morgan fingerprint density at radius 3 is 2.83 bits per heavy atom. The summed E-state index contributed by atoms with van der Waals surface area (Å²) in [5.74, 6) is 1.12. The molecular weight excluding hydrogens is 288 g/mol. The molecular formula is C18H26N4O. The minimum Gasteiger partial charge on any atom is -0.338 e. The number of para-hydroxylation sites is 2. The van der Waals surface area contributed by atoms with E-state index in [2.05, 4.69) is 22.1 Å². The molecule has 2 aromatic rings. The highest BCUT2D eigenvalue weighted by molar-refractivity contribution is 5.81. The number of imidazole rings is 1. The first-order valence-electron chi connectivity index (χ1n) is 8.62.